The first-order valence-electron chi connectivity index (χ1n) is 9.43. The molecule has 29 heavy (non-hydrogen) atoms. The molecule has 0 aliphatic carbocycles. The maximum Gasteiger partial charge on any atom is 0.141 e. The Hall–Kier alpha value is -3.46. The van der Waals surface area contributed by atoms with E-state index in [9.17, 15) is 15.5 Å². The first kappa shape index (κ1) is 18.9. The van der Waals surface area contributed by atoms with Crippen LogP contribution in [-0.2, 0) is 6.54 Å². The van der Waals surface area contributed by atoms with Crippen LogP contribution < -0.4 is 0 Å². The topological polar surface area (TPSA) is 82.1 Å². The largest absolute Gasteiger partial charge is 0.393 e. The maximum atomic E-state index is 9.96. The van der Waals surface area contributed by atoms with E-state index in [0.29, 0.717) is 11.3 Å². The first-order chi connectivity index (χ1) is 14.1. The molecule has 1 atom stereocenters. The summed E-state index contributed by atoms with van der Waals surface area (Å²) in [5.41, 5.74) is 5.74. The van der Waals surface area contributed by atoms with Crippen molar-refractivity contribution >= 4 is 10.9 Å². The molecule has 0 saturated heterocycles. The molecule has 4 aromatic rings. The second-order valence-electron chi connectivity index (χ2n) is 7.18. The number of benzene rings is 2. The highest BCUT2D eigenvalue weighted by atomic mass is 16.3. The zero-order valence-electron chi connectivity index (χ0n) is 16.1. The Morgan fingerprint density at radius 3 is 2.59 bits per heavy atom. The van der Waals surface area contributed by atoms with Gasteiger partial charge in [0, 0.05) is 29.2 Å². The van der Waals surface area contributed by atoms with E-state index in [1.165, 1.54) is 17.2 Å². The van der Waals surface area contributed by atoms with E-state index in [0.717, 1.165) is 23.0 Å². The molecule has 0 radical (unpaired) electrons. The molecule has 0 fully saturated rings. The molecule has 4 rings (SSSR count). The molecular weight excluding hydrogens is 362 g/mol. The number of nitriles is 1. The number of pyridine rings is 1. The number of hydrogen-bond acceptors (Lipinski definition) is 4. The van der Waals surface area contributed by atoms with Crippen LogP contribution in [0.25, 0.3) is 22.2 Å². The number of fused-ring (bicyclic) bond motifs is 1. The summed E-state index contributed by atoms with van der Waals surface area (Å²) in [7, 11) is 0. The van der Waals surface area contributed by atoms with Gasteiger partial charge in [-0.05, 0) is 48.4 Å². The van der Waals surface area contributed by atoms with Gasteiger partial charge in [-0.1, -0.05) is 35.9 Å². The van der Waals surface area contributed by atoms with E-state index in [2.05, 4.69) is 53.0 Å². The molecule has 0 amide bonds. The SMILES string of the molecule is Cc1ccc(Cn2ccc3cc(-c4cc([C@@H](O)CO)cc(C#N)n4)ccc32)cc1. The van der Waals surface area contributed by atoms with E-state index >= 15 is 0 Å². The molecule has 0 saturated carbocycles. The van der Waals surface area contributed by atoms with Crippen LogP contribution in [0.15, 0.2) is 66.9 Å². The van der Waals surface area contributed by atoms with Gasteiger partial charge in [0.2, 0.25) is 0 Å². The van der Waals surface area contributed by atoms with Crippen molar-refractivity contribution in [3.63, 3.8) is 0 Å². The van der Waals surface area contributed by atoms with Crippen LogP contribution in [0.5, 0.6) is 0 Å². The van der Waals surface area contributed by atoms with Gasteiger partial charge in [0.25, 0.3) is 0 Å². The summed E-state index contributed by atoms with van der Waals surface area (Å²) in [5, 5.41) is 29.5. The molecule has 0 spiro atoms. The fourth-order valence-electron chi connectivity index (χ4n) is 3.44. The van der Waals surface area contributed by atoms with Crippen LogP contribution in [0.1, 0.15) is 28.5 Å². The Labute approximate surface area is 169 Å². The Morgan fingerprint density at radius 1 is 1.07 bits per heavy atom. The molecular formula is C24H21N3O2. The minimum absolute atomic E-state index is 0.210. The summed E-state index contributed by atoms with van der Waals surface area (Å²) in [6.45, 7) is 2.46. The predicted octanol–water partition coefficient (Wildman–Crippen LogP) is 3.96. The lowest BCUT2D eigenvalue weighted by atomic mass is 10.0. The molecule has 0 aliphatic rings. The Kier molecular flexibility index (Phi) is 5.13. The van der Waals surface area contributed by atoms with Gasteiger partial charge < -0.3 is 14.8 Å². The van der Waals surface area contributed by atoms with Crippen LogP contribution in [0.3, 0.4) is 0 Å². The summed E-state index contributed by atoms with van der Waals surface area (Å²) in [6, 6.07) is 21.8. The van der Waals surface area contributed by atoms with Crippen molar-refractivity contribution in [2.75, 3.05) is 6.61 Å². The molecule has 2 heterocycles. The van der Waals surface area contributed by atoms with E-state index in [4.69, 9.17) is 0 Å². The normalized spacial score (nSPS) is 12.1. The van der Waals surface area contributed by atoms with Gasteiger partial charge in [0.1, 0.15) is 17.9 Å². The molecule has 144 valence electrons. The van der Waals surface area contributed by atoms with Gasteiger partial charge in [-0.15, -0.1) is 0 Å². The van der Waals surface area contributed by atoms with Crippen LogP contribution in [0.4, 0.5) is 0 Å². The Bertz CT molecular complexity index is 1200. The molecule has 2 N–H and O–H groups in total. The monoisotopic (exact) mass is 383 g/mol. The van der Waals surface area contributed by atoms with Crippen molar-refractivity contribution in [1.29, 1.82) is 5.26 Å². The van der Waals surface area contributed by atoms with Gasteiger partial charge in [-0.3, -0.25) is 0 Å². The number of aryl methyl sites for hydroxylation is 1. The van der Waals surface area contributed by atoms with Gasteiger partial charge in [-0.25, -0.2) is 4.98 Å². The second-order valence-corrected chi connectivity index (χ2v) is 7.18. The predicted molar refractivity (Wildman–Crippen MR) is 112 cm³/mol. The van der Waals surface area contributed by atoms with Crippen molar-refractivity contribution in [3.8, 4) is 17.3 Å². The molecule has 5 heteroatoms. The summed E-state index contributed by atoms with van der Waals surface area (Å²) >= 11 is 0. The summed E-state index contributed by atoms with van der Waals surface area (Å²) < 4.78 is 2.20. The minimum Gasteiger partial charge on any atom is -0.393 e. The minimum atomic E-state index is -1.04. The maximum absolute atomic E-state index is 9.96. The standard InChI is InChI=1S/C24H21N3O2/c1-16-2-4-17(5-3-16)14-27-9-8-19-10-18(6-7-23(19)27)22-12-20(24(29)15-28)11-21(13-25)26-22/h2-12,24,28-29H,14-15H2,1H3/t24-/m0/s1. The van der Waals surface area contributed by atoms with Crippen molar-refractivity contribution in [3.05, 3.63) is 89.2 Å². The first-order valence-corrected chi connectivity index (χ1v) is 9.43. The van der Waals surface area contributed by atoms with Crippen molar-refractivity contribution in [2.45, 2.75) is 19.6 Å². The average molecular weight is 383 g/mol. The molecule has 5 nitrogen and oxygen atoms in total. The zero-order chi connectivity index (χ0) is 20.4. The van der Waals surface area contributed by atoms with Gasteiger partial charge in [-0.2, -0.15) is 5.26 Å². The number of aliphatic hydroxyl groups excluding tert-OH is 2. The summed E-state index contributed by atoms with van der Waals surface area (Å²) in [5.74, 6) is 0. The molecule has 2 aromatic carbocycles. The fraction of sp³-hybridized carbons (Fsp3) is 0.167. The highest BCUT2D eigenvalue weighted by molar-refractivity contribution is 5.85. The number of aliphatic hydroxyl groups is 2. The van der Waals surface area contributed by atoms with E-state index in [-0.39, 0.29) is 5.69 Å². The van der Waals surface area contributed by atoms with Crippen LogP contribution in [-0.4, -0.2) is 26.4 Å². The number of hydrogen-bond donors (Lipinski definition) is 2. The van der Waals surface area contributed by atoms with Crippen molar-refractivity contribution < 1.29 is 10.2 Å². The van der Waals surface area contributed by atoms with E-state index < -0.39 is 12.7 Å². The third-order valence-corrected chi connectivity index (χ3v) is 5.06. The van der Waals surface area contributed by atoms with Crippen LogP contribution in [0.2, 0.25) is 0 Å². The van der Waals surface area contributed by atoms with Gasteiger partial charge in [0.05, 0.1) is 12.3 Å². The van der Waals surface area contributed by atoms with Gasteiger partial charge >= 0.3 is 0 Å². The average Bonchev–Trinajstić information content (AvgIpc) is 3.16. The Balaban J connectivity index is 1.70. The summed E-state index contributed by atoms with van der Waals surface area (Å²) in [6.07, 6.45) is 1.03. The number of aromatic nitrogens is 2. The van der Waals surface area contributed by atoms with Crippen molar-refractivity contribution in [2.24, 2.45) is 0 Å². The lowest BCUT2D eigenvalue weighted by Gasteiger charge is -2.11. The van der Waals surface area contributed by atoms with Crippen molar-refractivity contribution in [1.82, 2.24) is 9.55 Å². The smallest absolute Gasteiger partial charge is 0.141 e. The zero-order valence-corrected chi connectivity index (χ0v) is 16.1. The highest BCUT2D eigenvalue weighted by Gasteiger charge is 2.12. The second kappa shape index (κ2) is 7.88. The summed E-state index contributed by atoms with van der Waals surface area (Å²) in [4.78, 5) is 4.37. The number of nitrogens with zero attached hydrogens (tertiary/aromatic N) is 3. The fourth-order valence-corrected chi connectivity index (χ4v) is 3.44. The van der Waals surface area contributed by atoms with Crippen LogP contribution in [0, 0.1) is 18.3 Å². The molecule has 2 aromatic heterocycles. The van der Waals surface area contributed by atoms with Crippen LogP contribution >= 0.6 is 0 Å². The van der Waals surface area contributed by atoms with E-state index in [1.54, 1.807) is 6.07 Å². The third kappa shape index (κ3) is 3.90. The quantitative estimate of drug-likeness (QED) is 0.547. The number of rotatable bonds is 5. The Morgan fingerprint density at radius 2 is 1.86 bits per heavy atom. The molecule has 0 unspecified atom stereocenters. The third-order valence-electron chi connectivity index (χ3n) is 5.06. The lowest BCUT2D eigenvalue weighted by molar-refractivity contribution is 0.0956. The molecule has 0 bridgehead atoms. The molecule has 0 aliphatic heterocycles. The lowest BCUT2D eigenvalue weighted by Crippen LogP contribution is -2.04. The van der Waals surface area contributed by atoms with E-state index in [1.807, 2.05) is 24.3 Å². The highest BCUT2D eigenvalue weighted by Crippen LogP contribution is 2.27. The van der Waals surface area contributed by atoms with Gasteiger partial charge in [0.15, 0.2) is 0 Å².